The number of carbonyl (C=O) groups is 1. The van der Waals surface area contributed by atoms with Crippen LogP contribution < -0.4 is 14.8 Å². The summed E-state index contributed by atoms with van der Waals surface area (Å²) >= 11 is 0. The van der Waals surface area contributed by atoms with Crippen LogP contribution in [0.4, 0.5) is 13.2 Å². The summed E-state index contributed by atoms with van der Waals surface area (Å²) in [6.07, 6.45) is -1.46. The molecule has 29 heavy (non-hydrogen) atoms. The molecule has 1 amide bonds. The van der Waals surface area contributed by atoms with Crippen molar-refractivity contribution < 1.29 is 27.4 Å². The van der Waals surface area contributed by atoms with Gasteiger partial charge in [-0.25, -0.2) is 9.97 Å². The van der Waals surface area contributed by atoms with Crippen LogP contribution in [0.2, 0.25) is 0 Å². The summed E-state index contributed by atoms with van der Waals surface area (Å²) < 4.78 is 51.7. The molecule has 3 rings (SSSR count). The van der Waals surface area contributed by atoms with Crippen molar-refractivity contribution in [3.8, 4) is 17.4 Å². The molecule has 152 valence electrons. The van der Waals surface area contributed by atoms with E-state index < -0.39 is 23.3 Å². The highest BCUT2D eigenvalue weighted by Gasteiger charge is 2.41. The van der Waals surface area contributed by atoms with Crippen molar-refractivity contribution >= 4 is 5.91 Å². The number of nitrogens with one attached hydrogen (secondary N) is 1. The summed E-state index contributed by atoms with van der Waals surface area (Å²) in [5, 5.41) is 6.11. The summed E-state index contributed by atoms with van der Waals surface area (Å²) in [5.41, 5.74) is -1.34. The first-order valence-electron chi connectivity index (χ1n) is 8.27. The van der Waals surface area contributed by atoms with Gasteiger partial charge in [-0.2, -0.15) is 23.0 Å². The van der Waals surface area contributed by atoms with Crippen LogP contribution in [0.25, 0.3) is 5.95 Å². The number of halogens is 3. The van der Waals surface area contributed by atoms with E-state index in [-0.39, 0.29) is 12.5 Å². The van der Waals surface area contributed by atoms with E-state index in [4.69, 9.17) is 9.47 Å². The van der Waals surface area contributed by atoms with E-state index in [1.807, 2.05) is 0 Å². The molecule has 0 fully saturated rings. The molecule has 0 saturated heterocycles. The number of hydrogen-bond acceptors (Lipinski definition) is 6. The summed E-state index contributed by atoms with van der Waals surface area (Å²) in [6.45, 7) is -0.0592. The third-order valence-corrected chi connectivity index (χ3v) is 3.96. The molecule has 0 saturated carbocycles. The normalized spacial score (nSPS) is 11.2. The SMILES string of the molecule is COc1ccc(CNC(=O)c2cnn(-c3ncccn3)c2C(F)(F)F)c(OC)c1. The van der Waals surface area contributed by atoms with E-state index in [9.17, 15) is 18.0 Å². The Hall–Kier alpha value is -3.63. The molecule has 1 N–H and O–H groups in total. The Morgan fingerprint density at radius 2 is 1.90 bits per heavy atom. The summed E-state index contributed by atoms with van der Waals surface area (Å²) in [7, 11) is 2.93. The van der Waals surface area contributed by atoms with Crippen LogP contribution >= 0.6 is 0 Å². The molecular formula is C18H16F3N5O3. The molecule has 11 heteroatoms. The zero-order valence-corrected chi connectivity index (χ0v) is 15.4. The summed E-state index contributed by atoms with van der Waals surface area (Å²) in [4.78, 5) is 20.0. The Morgan fingerprint density at radius 1 is 1.17 bits per heavy atom. The Morgan fingerprint density at radius 3 is 2.52 bits per heavy atom. The molecule has 1 aromatic carbocycles. The van der Waals surface area contributed by atoms with Gasteiger partial charge in [-0.3, -0.25) is 4.79 Å². The molecule has 0 atom stereocenters. The molecule has 0 spiro atoms. The molecular weight excluding hydrogens is 391 g/mol. The molecule has 8 nitrogen and oxygen atoms in total. The summed E-state index contributed by atoms with van der Waals surface area (Å²) in [5.74, 6) is -0.275. The smallest absolute Gasteiger partial charge is 0.434 e. The van der Waals surface area contributed by atoms with Crippen molar-refractivity contribution in [2.24, 2.45) is 0 Å². The van der Waals surface area contributed by atoms with E-state index in [2.05, 4.69) is 20.4 Å². The van der Waals surface area contributed by atoms with Gasteiger partial charge < -0.3 is 14.8 Å². The standard InChI is InChI=1S/C18H16F3N5O3/c1-28-12-5-4-11(14(8-12)29-2)9-24-16(27)13-10-25-26(15(13)18(19,20)21)17-22-6-3-7-23-17/h3-8,10H,9H2,1-2H3,(H,24,27). The van der Waals surface area contributed by atoms with Gasteiger partial charge in [0.1, 0.15) is 11.5 Å². The number of benzene rings is 1. The van der Waals surface area contributed by atoms with E-state index >= 15 is 0 Å². The van der Waals surface area contributed by atoms with Crippen LogP contribution in [0.15, 0.2) is 42.9 Å². The second kappa shape index (κ2) is 8.17. The number of hydrogen-bond donors (Lipinski definition) is 1. The van der Waals surface area contributed by atoms with Crippen molar-refractivity contribution in [2.75, 3.05) is 14.2 Å². The van der Waals surface area contributed by atoms with Crippen molar-refractivity contribution in [3.05, 3.63) is 59.7 Å². The van der Waals surface area contributed by atoms with Gasteiger partial charge in [-0.15, -0.1) is 0 Å². The quantitative estimate of drug-likeness (QED) is 0.676. The zero-order valence-electron chi connectivity index (χ0n) is 15.4. The number of alkyl halides is 3. The van der Waals surface area contributed by atoms with E-state index in [1.54, 1.807) is 18.2 Å². The van der Waals surface area contributed by atoms with E-state index in [0.717, 1.165) is 6.20 Å². The minimum atomic E-state index is -4.85. The first-order chi connectivity index (χ1) is 13.8. The monoisotopic (exact) mass is 407 g/mol. The van der Waals surface area contributed by atoms with Crippen molar-refractivity contribution in [1.29, 1.82) is 0 Å². The van der Waals surface area contributed by atoms with Crippen LogP contribution in [-0.2, 0) is 12.7 Å². The number of methoxy groups -OCH3 is 2. The van der Waals surface area contributed by atoms with Gasteiger partial charge in [0.2, 0.25) is 0 Å². The highest BCUT2D eigenvalue weighted by atomic mass is 19.4. The van der Waals surface area contributed by atoms with E-state index in [0.29, 0.717) is 21.7 Å². The maximum atomic E-state index is 13.6. The van der Waals surface area contributed by atoms with Gasteiger partial charge >= 0.3 is 6.18 Å². The maximum absolute atomic E-state index is 13.6. The molecule has 0 aliphatic heterocycles. The van der Waals surface area contributed by atoms with Crippen molar-refractivity contribution in [2.45, 2.75) is 12.7 Å². The largest absolute Gasteiger partial charge is 0.497 e. The lowest BCUT2D eigenvalue weighted by Gasteiger charge is -2.13. The minimum absolute atomic E-state index is 0.0592. The Labute approximate surface area is 163 Å². The van der Waals surface area contributed by atoms with Crippen molar-refractivity contribution in [1.82, 2.24) is 25.1 Å². The molecule has 0 bridgehead atoms. The van der Waals surface area contributed by atoms with Gasteiger partial charge in [-0.05, 0) is 18.2 Å². The molecule has 2 heterocycles. The maximum Gasteiger partial charge on any atom is 0.434 e. The number of ether oxygens (including phenoxy) is 2. The highest BCUT2D eigenvalue weighted by molar-refractivity contribution is 5.95. The second-order valence-electron chi connectivity index (χ2n) is 5.73. The van der Waals surface area contributed by atoms with Gasteiger partial charge in [0, 0.05) is 30.6 Å². The lowest BCUT2D eigenvalue weighted by Crippen LogP contribution is -2.26. The Balaban J connectivity index is 1.88. The topological polar surface area (TPSA) is 91.2 Å². The molecule has 2 aromatic heterocycles. The number of aromatic nitrogens is 4. The number of nitrogens with zero attached hydrogens (tertiary/aromatic N) is 4. The molecule has 3 aromatic rings. The average Bonchev–Trinajstić information content (AvgIpc) is 3.18. The first kappa shape index (κ1) is 20.1. The van der Waals surface area contributed by atoms with Crippen LogP contribution in [0.3, 0.4) is 0 Å². The Kier molecular flexibility index (Phi) is 5.66. The predicted octanol–water partition coefficient (Wildman–Crippen LogP) is 2.63. The number of rotatable bonds is 6. The Bertz CT molecular complexity index is 1010. The summed E-state index contributed by atoms with van der Waals surface area (Å²) in [6, 6.07) is 6.35. The lowest BCUT2D eigenvalue weighted by molar-refractivity contribution is -0.143. The molecule has 0 aliphatic rings. The average molecular weight is 407 g/mol. The second-order valence-corrected chi connectivity index (χ2v) is 5.73. The minimum Gasteiger partial charge on any atom is -0.497 e. The van der Waals surface area contributed by atoms with Crippen molar-refractivity contribution in [3.63, 3.8) is 0 Å². The first-order valence-corrected chi connectivity index (χ1v) is 8.27. The fraction of sp³-hybridized carbons (Fsp3) is 0.222. The van der Waals surface area contributed by atoms with Crippen LogP contribution in [0.5, 0.6) is 11.5 Å². The zero-order chi connectivity index (χ0) is 21.0. The van der Waals surface area contributed by atoms with Gasteiger partial charge in [0.05, 0.1) is 26.0 Å². The fourth-order valence-electron chi connectivity index (χ4n) is 2.61. The third-order valence-electron chi connectivity index (χ3n) is 3.96. The van der Waals surface area contributed by atoms with Crippen LogP contribution in [0, 0.1) is 0 Å². The lowest BCUT2D eigenvalue weighted by atomic mass is 10.1. The fourth-order valence-corrected chi connectivity index (χ4v) is 2.61. The molecule has 0 radical (unpaired) electrons. The van der Waals surface area contributed by atoms with Gasteiger partial charge in [0.25, 0.3) is 11.9 Å². The number of carbonyl (C=O) groups excluding carboxylic acids is 1. The molecule has 0 unspecified atom stereocenters. The molecule has 0 aliphatic carbocycles. The number of amides is 1. The van der Waals surface area contributed by atoms with Gasteiger partial charge in [-0.1, -0.05) is 0 Å². The van der Waals surface area contributed by atoms with Gasteiger partial charge in [0.15, 0.2) is 5.69 Å². The highest BCUT2D eigenvalue weighted by Crippen LogP contribution is 2.33. The van der Waals surface area contributed by atoms with Crippen LogP contribution in [-0.4, -0.2) is 39.9 Å². The van der Waals surface area contributed by atoms with Crippen LogP contribution in [0.1, 0.15) is 21.6 Å². The van der Waals surface area contributed by atoms with E-state index in [1.165, 1.54) is 32.7 Å². The third kappa shape index (κ3) is 4.28. The predicted molar refractivity (Wildman–Crippen MR) is 94.9 cm³/mol.